The molecule has 0 unspecified atom stereocenters. The van der Waals surface area contributed by atoms with Gasteiger partial charge < -0.3 is 19.9 Å². The highest BCUT2D eigenvalue weighted by Gasteiger charge is 2.03. The van der Waals surface area contributed by atoms with Crippen molar-refractivity contribution in [2.24, 2.45) is 0 Å². The van der Waals surface area contributed by atoms with Crippen molar-refractivity contribution in [3.63, 3.8) is 0 Å². The third-order valence-corrected chi connectivity index (χ3v) is 3.03. The van der Waals surface area contributed by atoms with E-state index in [0.29, 0.717) is 30.7 Å². The molecule has 0 aliphatic heterocycles. The van der Waals surface area contributed by atoms with Gasteiger partial charge in [0.2, 0.25) is 5.88 Å². The topological polar surface area (TPSA) is 63.6 Å². The van der Waals surface area contributed by atoms with Crippen molar-refractivity contribution in [2.45, 2.75) is 6.54 Å². The molecule has 1 aromatic carbocycles. The van der Waals surface area contributed by atoms with Crippen LogP contribution in [0.25, 0.3) is 0 Å². The molecular weight excluding hydrogens is 292 g/mol. The largest absolute Gasteiger partial charge is 0.508 e. The number of anilines is 1. The van der Waals surface area contributed by atoms with E-state index in [4.69, 9.17) is 21.1 Å². The molecule has 2 aromatic rings. The van der Waals surface area contributed by atoms with Gasteiger partial charge in [-0.1, -0.05) is 11.6 Å². The summed E-state index contributed by atoms with van der Waals surface area (Å²) in [4.78, 5) is 4.17. The number of aromatic nitrogens is 1. The summed E-state index contributed by atoms with van der Waals surface area (Å²) in [7, 11) is 1.62. The molecule has 0 fully saturated rings. The van der Waals surface area contributed by atoms with Crippen LogP contribution in [0.1, 0.15) is 5.56 Å². The fourth-order valence-corrected chi connectivity index (χ4v) is 1.89. The monoisotopic (exact) mass is 308 g/mol. The van der Waals surface area contributed by atoms with Gasteiger partial charge in [-0.2, -0.15) is 0 Å². The molecule has 0 amide bonds. The highest BCUT2D eigenvalue weighted by Crippen LogP contribution is 2.22. The zero-order valence-electron chi connectivity index (χ0n) is 11.7. The van der Waals surface area contributed by atoms with Gasteiger partial charge in [-0.25, -0.2) is 4.98 Å². The summed E-state index contributed by atoms with van der Waals surface area (Å²) < 4.78 is 10.3. The lowest BCUT2D eigenvalue weighted by Gasteiger charge is -2.09. The van der Waals surface area contributed by atoms with Crippen LogP contribution in [0.15, 0.2) is 36.5 Å². The van der Waals surface area contributed by atoms with Gasteiger partial charge >= 0.3 is 0 Å². The Hall–Kier alpha value is -1.98. The van der Waals surface area contributed by atoms with Gasteiger partial charge in [-0.05, 0) is 24.3 Å². The average molecular weight is 309 g/mol. The van der Waals surface area contributed by atoms with E-state index in [1.165, 1.54) is 0 Å². The van der Waals surface area contributed by atoms with Crippen LogP contribution in [0.2, 0.25) is 5.02 Å². The van der Waals surface area contributed by atoms with Crippen molar-refractivity contribution < 1.29 is 14.6 Å². The Bertz CT molecular complexity index is 576. The molecule has 0 saturated carbocycles. The zero-order chi connectivity index (χ0) is 15.1. The van der Waals surface area contributed by atoms with Crippen LogP contribution in [-0.2, 0) is 11.3 Å². The van der Waals surface area contributed by atoms with E-state index >= 15 is 0 Å². The minimum absolute atomic E-state index is 0.208. The maximum absolute atomic E-state index is 9.73. The molecule has 6 heteroatoms. The number of hydrogen-bond acceptors (Lipinski definition) is 5. The molecule has 0 aliphatic rings. The first-order valence-corrected chi connectivity index (χ1v) is 6.86. The molecule has 1 heterocycles. The Labute approximate surface area is 128 Å². The Morgan fingerprint density at radius 2 is 2.10 bits per heavy atom. The SMILES string of the molecule is COCCOc1ccc(NCc2cc(Cl)ccc2O)cn1. The predicted molar refractivity (Wildman–Crippen MR) is 82.1 cm³/mol. The number of ether oxygens (including phenoxy) is 2. The molecule has 2 rings (SSSR count). The van der Waals surface area contributed by atoms with Gasteiger partial charge in [0.15, 0.2) is 0 Å². The smallest absolute Gasteiger partial charge is 0.213 e. The summed E-state index contributed by atoms with van der Waals surface area (Å²) in [6.07, 6.45) is 1.67. The van der Waals surface area contributed by atoms with Crippen molar-refractivity contribution >= 4 is 17.3 Å². The van der Waals surface area contributed by atoms with E-state index in [1.807, 2.05) is 6.07 Å². The number of phenolic OH excluding ortho intramolecular Hbond substituents is 1. The number of rotatable bonds is 7. The van der Waals surface area contributed by atoms with Crippen LogP contribution in [0.3, 0.4) is 0 Å². The number of nitrogens with zero attached hydrogens (tertiary/aromatic N) is 1. The summed E-state index contributed by atoms with van der Waals surface area (Å²) in [6.45, 7) is 1.44. The molecule has 5 nitrogen and oxygen atoms in total. The second kappa shape index (κ2) is 7.71. The lowest BCUT2D eigenvalue weighted by Crippen LogP contribution is -2.05. The van der Waals surface area contributed by atoms with E-state index in [9.17, 15) is 5.11 Å². The van der Waals surface area contributed by atoms with Crippen LogP contribution in [0.4, 0.5) is 5.69 Å². The van der Waals surface area contributed by atoms with Crippen LogP contribution in [0.5, 0.6) is 11.6 Å². The van der Waals surface area contributed by atoms with Crippen LogP contribution < -0.4 is 10.1 Å². The first kappa shape index (κ1) is 15.4. The maximum Gasteiger partial charge on any atom is 0.213 e. The standard InChI is InChI=1S/C15H17ClN2O3/c1-20-6-7-21-15-5-3-13(10-18-15)17-9-11-8-12(16)2-4-14(11)19/h2-5,8,10,17,19H,6-7,9H2,1H3. The van der Waals surface area contributed by atoms with Crippen molar-refractivity contribution in [3.8, 4) is 11.6 Å². The third-order valence-electron chi connectivity index (χ3n) is 2.80. The molecule has 0 bridgehead atoms. The van der Waals surface area contributed by atoms with Crippen LogP contribution in [0, 0.1) is 0 Å². The van der Waals surface area contributed by atoms with E-state index in [2.05, 4.69) is 10.3 Å². The Morgan fingerprint density at radius 1 is 1.24 bits per heavy atom. The van der Waals surface area contributed by atoms with E-state index < -0.39 is 0 Å². The van der Waals surface area contributed by atoms with E-state index in [-0.39, 0.29) is 5.75 Å². The van der Waals surface area contributed by atoms with Gasteiger partial charge in [0.05, 0.1) is 18.5 Å². The van der Waals surface area contributed by atoms with Crippen molar-refractivity contribution in [2.75, 3.05) is 25.6 Å². The summed E-state index contributed by atoms with van der Waals surface area (Å²) in [5.74, 6) is 0.752. The summed E-state index contributed by atoms with van der Waals surface area (Å²) >= 11 is 5.90. The molecule has 1 aromatic heterocycles. The second-order valence-electron chi connectivity index (χ2n) is 4.35. The Kier molecular flexibility index (Phi) is 5.66. The predicted octanol–water partition coefficient (Wildman–Crippen LogP) is 3.08. The number of nitrogens with one attached hydrogen (secondary N) is 1. The number of hydrogen-bond donors (Lipinski definition) is 2. The molecule has 2 N–H and O–H groups in total. The zero-order valence-corrected chi connectivity index (χ0v) is 12.4. The quantitative estimate of drug-likeness (QED) is 0.770. The Balaban J connectivity index is 1.90. The molecular formula is C15H17ClN2O3. The third kappa shape index (κ3) is 4.81. The fraction of sp³-hybridized carbons (Fsp3) is 0.267. The summed E-state index contributed by atoms with van der Waals surface area (Å²) in [6, 6.07) is 8.57. The lowest BCUT2D eigenvalue weighted by atomic mass is 10.2. The molecule has 0 radical (unpaired) electrons. The second-order valence-corrected chi connectivity index (χ2v) is 4.79. The number of pyridine rings is 1. The lowest BCUT2D eigenvalue weighted by molar-refractivity contribution is 0.144. The van der Waals surface area contributed by atoms with Crippen molar-refractivity contribution in [1.29, 1.82) is 0 Å². The van der Waals surface area contributed by atoms with Crippen molar-refractivity contribution in [3.05, 3.63) is 47.1 Å². The minimum atomic E-state index is 0.208. The van der Waals surface area contributed by atoms with Crippen LogP contribution in [-0.4, -0.2) is 30.4 Å². The molecule has 0 atom stereocenters. The number of phenols is 1. The van der Waals surface area contributed by atoms with E-state index in [1.54, 1.807) is 37.6 Å². The van der Waals surface area contributed by atoms with Gasteiger partial charge in [-0.3, -0.25) is 0 Å². The normalized spacial score (nSPS) is 10.4. The summed E-state index contributed by atoms with van der Waals surface area (Å²) in [5.41, 5.74) is 1.55. The minimum Gasteiger partial charge on any atom is -0.508 e. The first-order chi connectivity index (χ1) is 10.2. The number of methoxy groups -OCH3 is 1. The van der Waals surface area contributed by atoms with Gasteiger partial charge in [-0.15, -0.1) is 0 Å². The van der Waals surface area contributed by atoms with Crippen LogP contribution >= 0.6 is 11.6 Å². The molecule has 0 saturated heterocycles. The average Bonchev–Trinajstić information content (AvgIpc) is 2.50. The molecule has 112 valence electrons. The molecule has 21 heavy (non-hydrogen) atoms. The number of aromatic hydroxyl groups is 1. The molecule has 0 aliphatic carbocycles. The number of benzene rings is 1. The highest BCUT2D eigenvalue weighted by atomic mass is 35.5. The maximum atomic E-state index is 9.73. The Morgan fingerprint density at radius 3 is 2.81 bits per heavy atom. The fourth-order valence-electron chi connectivity index (χ4n) is 1.69. The van der Waals surface area contributed by atoms with E-state index in [0.717, 1.165) is 11.3 Å². The van der Waals surface area contributed by atoms with Gasteiger partial charge in [0.1, 0.15) is 12.4 Å². The number of halogens is 1. The highest BCUT2D eigenvalue weighted by molar-refractivity contribution is 6.30. The summed E-state index contributed by atoms with van der Waals surface area (Å²) in [5, 5.41) is 13.5. The van der Waals surface area contributed by atoms with Gasteiger partial charge in [0.25, 0.3) is 0 Å². The van der Waals surface area contributed by atoms with Crippen molar-refractivity contribution in [1.82, 2.24) is 4.98 Å². The molecule has 0 spiro atoms. The first-order valence-electron chi connectivity index (χ1n) is 6.48. The van der Waals surface area contributed by atoms with Gasteiger partial charge in [0, 0.05) is 30.3 Å².